The molecule has 0 atom stereocenters. The van der Waals surface area contributed by atoms with Gasteiger partial charge >= 0.3 is 5.97 Å². The molecule has 3 rings (SSSR count). The number of aryl methyl sites for hydroxylation is 1. The molecule has 3 aromatic rings. The minimum absolute atomic E-state index is 0.0275. The van der Waals surface area contributed by atoms with Crippen molar-refractivity contribution in [3.63, 3.8) is 0 Å². The van der Waals surface area contributed by atoms with E-state index in [4.69, 9.17) is 4.74 Å². The van der Waals surface area contributed by atoms with Gasteiger partial charge in [-0.05, 0) is 50.6 Å². The number of carbonyl (C=O) groups excluding carboxylic acids is 2. The highest BCUT2D eigenvalue weighted by molar-refractivity contribution is 5.90. The molecule has 0 unspecified atom stereocenters. The maximum Gasteiger partial charge on any atom is 0.338 e. The fraction of sp³-hybridized carbons (Fsp3) is 0.208. The smallest absolute Gasteiger partial charge is 0.338 e. The summed E-state index contributed by atoms with van der Waals surface area (Å²) in [5.74, 6) is -0.713. The van der Waals surface area contributed by atoms with Gasteiger partial charge in [0.25, 0.3) is 5.69 Å². The number of nitro benzene ring substituents is 1. The van der Waals surface area contributed by atoms with Crippen molar-refractivity contribution in [2.45, 2.75) is 27.2 Å². The monoisotopic (exact) mass is 448 g/mol. The number of esters is 1. The first-order valence-electron chi connectivity index (χ1n) is 10.3. The Morgan fingerprint density at radius 2 is 1.88 bits per heavy atom. The van der Waals surface area contributed by atoms with Gasteiger partial charge in [0.15, 0.2) is 0 Å². The largest absolute Gasteiger partial charge is 0.462 e. The van der Waals surface area contributed by atoms with E-state index in [0.29, 0.717) is 17.7 Å². The molecule has 1 amide bonds. The zero-order valence-electron chi connectivity index (χ0n) is 18.6. The van der Waals surface area contributed by atoms with Crippen LogP contribution in [0.25, 0.3) is 5.69 Å². The maximum absolute atomic E-state index is 12.1. The third-order valence-corrected chi connectivity index (χ3v) is 4.99. The Hall–Kier alpha value is -4.27. The van der Waals surface area contributed by atoms with Crippen molar-refractivity contribution in [3.8, 4) is 5.69 Å². The van der Waals surface area contributed by atoms with Crippen LogP contribution in [-0.2, 0) is 16.0 Å². The molecule has 9 heteroatoms. The Bertz CT molecular complexity index is 1210. The number of hydrogen-bond acceptors (Lipinski definition) is 6. The van der Waals surface area contributed by atoms with E-state index in [9.17, 15) is 19.7 Å². The van der Waals surface area contributed by atoms with Crippen molar-refractivity contribution in [3.05, 3.63) is 92.8 Å². The van der Waals surface area contributed by atoms with Gasteiger partial charge in [0.2, 0.25) is 5.91 Å². The van der Waals surface area contributed by atoms with Crippen LogP contribution in [0.4, 0.5) is 5.69 Å². The Morgan fingerprint density at radius 1 is 1.15 bits per heavy atom. The van der Waals surface area contributed by atoms with Gasteiger partial charge in [-0.1, -0.05) is 18.2 Å². The van der Waals surface area contributed by atoms with Gasteiger partial charge < -0.3 is 9.30 Å². The number of carbonyl (C=O) groups is 2. The van der Waals surface area contributed by atoms with E-state index in [-0.39, 0.29) is 24.0 Å². The Morgan fingerprint density at radius 3 is 2.55 bits per heavy atom. The third-order valence-electron chi connectivity index (χ3n) is 4.99. The van der Waals surface area contributed by atoms with Gasteiger partial charge in [-0.25, -0.2) is 10.2 Å². The summed E-state index contributed by atoms with van der Waals surface area (Å²) >= 11 is 0. The minimum atomic E-state index is -0.488. The van der Waals surface area contributed by atoms with E-state index >= 15 is 0 Å². The lowest BCUT2D eigenvalue weighted by atomic mass is 10.1. The summed E-state index contributed by atoms with van der Waals surface area (Å²) in [6, 6.07) is 14.9. The van der Waals surface area contributed by atoms with Crippen LogP contribution in [-0.4, -0.2) is 34.2 Å². The van der Waals surface area contributed by atoms with Crippen LogP contribution in [0.15, 0.2) is 59.7 Å². The van der Waals surface area contributed by atoms with E-state index in [2.05, 4.69) is 10.5 Å². The molecule has 1 aromatic heterocycles. The number of rotatable bonds is 8. The number of ether oxygens (including phenoxy) is 1. The second-order valence-electron chi connectivity index (χ2n) is 7.33. The zero-order chi connectivity index (χ0) is 24.0. The van der Waals surface area contributed by atoms with Crippen molar-refractivity contribution in [2.75, 3.05) is 6.61 Å². The van der Waals surface area contributed by atoms with Crippen molar-refractivity contribution in [1.82, 2.24) is 9.99 Å². The summed E-state index contributed by atoms with van der Waals surface area (Å²) < 4.78 is 7.07. The number of nitrogens with one attached hydrogen (secondary N) is 1. The van der Waals surface area contributed by atoms with Crippen molar-refractivity contribution in [2.24, 2.45) is 5.10 Å². The summed E-state index contributed by atoms with van der Waals surface area (Å²) in [5, 5.41) is 14.8. The Kier molecular flexibility index (Phi) is 7.34. The molecule has 0 bridgehead atoms. The molecule has 0 fully saturated rings. The van der Waals surface area contributed by atoms with Crippen LogP contribution >= 0.6 is 0 Å². The molecule has 2 aromatic carbocycles. The van der Waals surface area contributed by atoms with E-state index in [1.807, 2.05) is 30.5 Å². The Balaban J connectivity index is 1.70. The van der Waals surface area contributed by atoms with Crippen LogP contribution < -0.4 is 5.43 Å². The topological polar surface area (TPSA) is 116 Å². The standard InChI is InChI=1S/C24H24N4O5/c1-4-33-24(30)19-6-5-7-22(14-19)27-16(2)12-20(17(27)3)15-25-26-23(29)13-18-8-10-21(11-9-18)28(31)32/h5-12,14-15H,4,13H2,1-3H3,(H,26,29)/b25-15-. The molecule has 0 saturated carbocycles. The number of benzene rings is 2. The molecular weight excluding hydrogens is 424 g/mol. The van der Waals surface area contributed by atoms with Gasteiger partial charge in [-0.2, -0.15) is 5.10 Å². The SMILES string of the molecule is CCOC(=O)c1cccc(-n2c(C)cc(/C=N\NC(=O)Cc3ccc([N+](=O)[O-])cc3)c2C)c1. The van der Waals surface area contributed by atoms with E-state index in [0.717, 1.165) is 22.6 Å². The zero-order valence-corrected chi connectivity index (χ0v) is 18.6. The van der Waals surface area contributed by atoms with Gasteiger partial charge in [-0.3, -0.25) is 14.9 Å². The van der Waals surface area contributed by atoms with Crippen LogP contribution in [0.3, 0.4) is 0 Å². The molecule has 170 valence electrons. The molecule has 1 heterocycles. The first-order chi connectivity index (χ1) is 15.8. The molecule has 1 N–H and O–H groups in total. The number of nitro groups is 1. The van der Waals surface area contributed by atoms with Crippen LogP contribution in [0.5, 0.6) is 0 Å². The average Bonchev–Trinajstić information content (AvgIpc) is 3.07. The lowest BCUT2D eigenvalue weighted by Crippen LogP contribution is -2.19. The molecule has 0 aliphatic carbocycles. The first-order valence-corrected chi connectivity index (χ1v) is 10.3. The number of hydrogen-bond donors (Lipinski definition) is 1. The molecule has 0 spiro atoms. The molecular formula is C24H24N4O5. The van der Waals surface area contributed by atoms with Gasteiger partial charge in [0, 0.05) is 34.8 Å². The number of nitrogens with zero attached hydrogens (tertiary/aromatic N) is 3. The predicted molar refractivity (Wildman–Crippen MR) is 124 cm³/mol. The molecule has 0 aliphatic rings. The molecule has 0 radical (unpaired) electrons. The second-order valence-corrected chi connectivity index (χ2v) is 7.33. The first kappa shape index (κ1) is 23.4. The molecule has 9 nitrogen and oxygen atoms in total. The van der Waals surface area contributed by atoms with Gasteiger partial charge in [-0.15, -0.1) is 0 Å². The molecule has 0 saturated heterocycles. The number of aromatic nitrogens is 1. The van der Waals surface area contributed by atoms with Crippen LogP contribution in [0.1, 0.15) is 39.8 Å². The van der Waals surface area contributed by atoms with Crippen molar-refractivity contribution in [1.29, 1.82) is 0 Å². The normalized spacial score (nSPS) is 10.9. The summed E-state index contributed by atoms with van der Waals surface area (Å²) in [5.41, 5.74) is 7.02. The van der Waals surface area contributed by atoms with E-state index in [1.165, 1.54) is 12.1 Å². The summed E-state index contributed by atoms with van der Waals surface area (Å²) in [4.78, 5) is 34.4. The maximum atomic E-state index is 12.1. The lowest BCUT2D eigenvalue weighted by molar-refractivity contribution is -0.384. The van der Waals surface area contributed by atoms with Crippen LogP contribution in [0, 0.1) is 24.0 Å². The summed E-state index contributed by atoms with van der Waals surface area (Å²) in [6.07, 6.45) is 1.61. The fourth-order valence-electron chi connectivity index (χ4n) is 3.44. The highest BCUT2D eigenvalue weighted by atomic mass is 16.6. The highest BCUT2D eigenvalue weighted by Gasteiger charge is 2.13. The Labute approximate surface area is 190 Å². The minimum Gasteiger partial charge on any atom is -0.462 e. The van der Waals surface area contributed by atoms with Crippen molar-refractivity contribution >= 4 is 23.8 Å². The number of amides is 1. The van der Waals surface area contributed by atoms with Crippen LogP contribution in [0.2, 0.25) is 0 Å². The quantitative estimate of drug-likeness (QED) is 0.243. The average molecular weight is 448 g/mol. The molecule has 0 aliphatic heterocycles. The van der Waals surface area contributed by atoms with Crippen molar-refractivity contribution < 1.29 is 19.2 Å². The summed E-state index contributed by atoms with van der Waals surface area (Å²) in [6.45, 7) is 5.93. The number of non-ortho nitro benzene ring substituents is 1. The highest BCUT2D eigenvalue weighted by Crippen LogP contribution is 2.21. The van der Waals surface area contributed by atoms with Gasteiger partial charge in [0.05, 0.1) is 29.7 Å². The van der Waals surface area contributed by atoms with Gasteiger partial charge in [0.1, 0.15) is 0 Å². The molecule has 33 heavy (non-hydrogen) atoms. The predicted octanol–water partition coefficient (Wildman–Crippen LogP) is 3.87. The second kappa shape index (κ2) is 10.4. The fourth-order valence-corrected chi connectivity index (χ4v) is 3.44. The van der Waals surface area contributed by atoms with E-state index < -0.39 is 4.92 Å². The third kappa shape index (κ3) is 5.70. The lowest BCUT2D eigenvalue weighted by Gasteiger charge is -2.11. The summed E-state index contributed by atoms with van der Waals surface area (Å²) in [7, 11) is 0. The van der Waals surface area contributed by atoms with E-state index in [1.54, 1.807) is 43.5 Å². The number of hydrazone groups is 1.